The Bertz CT molecular complexity index is 1130. The van der Waals surface area contributed by atoms with Gasteiger partial charge in [0.1, 0.15) is 17.1 Å². The summed E-state index contributed by atoms with van der Waals surface area (Å²) < 4.78 is 60.5. The van der Waals surface area contributed by atoms with Gasteiger partial charge in [-0.3, -0.25) is 4.79 Å². The number of nitrogens with zero attached hydrogens (tertiary/aromatic N) is 2. The molecule has 6 nitrogen and oxygen atoms in total. The van der Waals surface area contributed by atoms with Crippen molar-refractivity contribution in [2.24, 2.45) is 16.6 Å². The van der Waals surface area contributed by atoms with E-state index in [0.29, 0.717) is 5.56 Å². The van der Waals surface area contributed by atoms with Crippen LogP contribution in [-0.2, 0) is 10.3 Å². The number of terminal acetylenes is 1. The number of benzene rings is 1. The minimum atomic E-state index is -4.65. The van der Waals surface area contributed by atoms with Crippen LogP contribution >= 0.6 is 11.8 Å². The Kier molecular flexibility index (Phi) is 5.60. The van der Waals surface area contributed by atoms with Crippen LogP contribution in [0, 0.1) is 24.1 Å². The van der Waals surface area contributed by atoms with Crippen molar-refractivity contribution in [2.75, 3.05) is 17.7 Å². The first-order valence-corrected chi connectivity index (χ1v) is 10.3. The summed E-state index contributed by atoms with van der Waals surface area (Å²) in [6.45, 7) is -0.494. The van der Waals surface area contributed by atoms with Crippen LogP contribution in [-0.4, -0.2) is 40.7 Å². The van der Waals surface area contributed by atoms with E-state index in [-0.39, 0.29) is 27.9 Å². The number of nitrogens with one attached hydrogen (secondary N) is 1. The number of halogens is 4. The molecule has 0 spiro atoms. The fourth-order valence-electron chi connectivity index (χ4n) is 3.84. The lowest BCUT2D eigenvalue weighted by Crippen LogP contribution is -2.46. The number of fused-ring (bicyclic) bond motifs is 1. The number of thioether (sulfide) groups is 1. The zero-order chi connectivity index (χ0) is 23.1. The maximum Gasteiger partial charge on any atom is 0.415 e. The number of nitrogens with two attached hydrogens (primary N) is 1. The van der Waals surface area contributed by atoms with Crippen molar-refractivity contribution in [1.82, 2.24) is 4.98 Å². The smallest absolute Gasteiger partial charge is 0.379 e. The molecule has 2 aliphatic heterocycles. The summed E-state index contributed by atoms with van der Waals surface area (Å²) in [5.74, 6) is -0.221. The van der Waals surface area contributed by atoms with Gasteiger partial charge in [-0.05, 0) is 30.3 Å². The van der Waals surface area contributed by atoms with Crippen LogP contribution in [0.25, 0.3) is 0 Å². The summed E-state index contributed by atoms with van der Waals surface area (Å²) in [5.41, 5.74) is 4.71. The van der Waals surface area contributed by atoms with Crippen molar-refractivity contribution in [3.63, 3.8) is 0 Å². The lowest BCUT2D eigenvalue weighted by Gasteiger charge is -2.36. The van der Waals surface area contributed by atoms with Crippen LogP contribution in [0.5, 0.6) is 0 Å². The Labute approximate surface area is 184 Å². The fourth-order valence-corrected chi connectivity index (χ4v) is 4.87. The molecule has 0 bridgehead atoms. The van der Waals surface area contributed by atoms with Crippen molar-refractivity contribution < 1.29 is 27.1 Å². The highest BCUT2D eigenvalue weighted by Gasteiger charge is 2.62. The maximum atomic E-state index is 14.9. The summed E-state index contributed by atoms with van der Waals surface area (Å²) in [6.07, 6.45) is -0.146. The van der Waals surface area contributed by atoms with Gasteiger partial charge in [0.2, 0.25) is 0 Å². The van der Waals surface area contributed by atoms with E-state index in [1.807, 2.05) is 0 Å². The molecule has 4 rings (SSSR count). The van der Waals surface area contributed by atoms with E-state index in [9.17, 15) is 22.4 Å². The number of carbonyl (C=O) groups excluding carboxylic acids is 1. The second-order valence-electron chi connectivity index (χ2n) is 7.29. The quantitative estimate of drug-likeness (QED) is 0.538. The van der Waals surface area contributed by atoms with Gasteiger partial charge in [-0.1, -0.05) is 17.7 Å². The molecule has 166 valence electrons. The maximum absolute atomic E-state index is 14.9. The first-order chi connectivity index (χ1) is 15.1. The van der Waals surface area contributed by atoms with Gasteiger partial charge in [0.15, 0.2) is 11.3 Å². The number of amidine groups is 1. The molecule has 3 atom stereocenters. The van der Waals surface area contributed by atoms with Gasteiger partial charge in [0.25, 0.3) is 5.91 Å². The molecule has 3 heterocycles. The normalized spacial score (nSPS) is 24.9. The van der Waals surface area contributed by atoms with Crippen LogP contribution in [0.1, 0.15) is 21.6 Å². The molecule has 0 saturated carbocycles. The van der Waals surface area contributed by atoms with E-state index < -0.39 is 42.1 Å². The zero-order valence-electron chi connectivity index (χ0n) is 16.3. The second kappa shape index (κ2) is 8.11. The number of amides is 1. The molecule has 0 unspecified atom stereocenters. The van der Waals surface area contributed by atoms with Crippen molar-refractivity contribution in [3.05, 3.63) is 59.2 Å². The van der Waals surface area contributed by atoms with Crippen molar-refractivity contribution >= 4 is 28.5 Å². The Balaban J connectivity index is 1.69. The van der Waals surface area contributed by atoms with Gasteiger partial charge in [-0.15, -0.1) is 6.42 Å². The molecular formula is C21H16F4N4O2S. The minimum absolute atomic E-state index is 0.0407. The third-order valence-corrected chi connectivity index (χ3v) is 6.27. The molecule has 1 saturated heterocycles. The molecular weight excluding hydrogens is 448 g/mol. The third-order valence-electron chi connectivity index (χ3n) is 5.36. The van der Waals surface area contributed by atoms with Gasteiger partial charge in [-0.2, -0.15) is 13.2 Å². The summed E-state index contributed by atoms with van der Waals surface area (Å²) in [5, 5.41) is 2.60. The Hall–Kier alpha value is -3.10. The lowest BCUT2D eigenvalue weighted by atomic mass is 9.78. The van der Waals surface area contributed by atoms with Gasteiger partial charge >= 0.3 is 6.18 Å². The summed E-state index contributed by atoms with van der Waals surface area (Å²) in [7, 11) is 0. The number of hydrogen-bond donors (Lipinski definition) is 2. The molecule has 0 aliphatic carbocycles. The summed E-state index contributed by atoms with van der Waals surface area (Å²) in [6, 6.07) is 6.56. The number of anilines is 1. The summed E-state index contributed by atoms with van der Waals surface area (Å²) >= 11 is 0.962. The molecule has 1 aromatic heterocycles. The Morgan fingerprint density at radius 1 is 1.34 bits per heavy atom. The van der Waals surface area contributed by atoms with E-state index in [1.54, 1.807) is 0 Å². The molecule has 11 heteroatoms. The number of pyridine rings is 1. The Morgan fingerprint density at radius 2 is 2.12 bits per heavy atom. The number of hydrogen-bond acceptors (Lipinski definition) is 6. The van der Waals surface area contributed by atoms with Gasteiger partial charge in [0, 0.05) is 34.7 Å². The van der Waals surface area contributed by atoms with Crippen molar-refractivity contribution in [2.45, 2.75) is 17.8 Å². The van der Waals surface area contributed by atoms with E-state index >= 15 is 0 Å². The van der Waals surface area contributed by atoms with Gasteiger partial charge in [-0.25, -0.2) is 14.4 Å². The highest BCUT2D eigenvalue weighted by atomic mass is 32.2. The minimum Gasteiger partial charge on any atom is -0.379 e. The highest BCUT2D eigenvalue weighted by Crippen LogP contribution is 2.52. The monoisotopic (exact) mass is 464 g/mol. The number of aliphatic imine (C=N–C) groups is 1. The van der Waals surface area contributed by atoms with E-state index in [4.69, 9.17) is 16.9 Å². The largest absolute Gasteiger partial charge is 0.415 e. The second-order valence-corrected chi connectivity index (χ2v) is 8.33. The molecule has 0 radical (unpaired) electrons. The molecule has 32 heavy (non-hydrogen) atoms. The topological polar surface area (TPSA) is 89.6 Å². The van der Waals surface area contributed by atoms with Gasteiger partial charge in [0.05, 0.1) is 6.61 Å². The fraction of sp³-hybridized carbons (Fsp3) is 0.286. The number of ether oxygens (including phenoxy) is 1. The first-order valence-electron chi connectivity index (χ1n) is 9.34. The molecule has 2 aromatic rings. The van der Waals surface area contributed by atoms with Crippen LogP contribution < -0.4 is 11.1 Å². The molecule has 1 fully saturated rings. The SMILES string of the molecule is C#Cc1ccc(C(=O)Nc2ccc(F)c([C@]34CO[C@H](C(F)(F)F)[C@H]3CSC(N)=N4)c2)nc1. The van der Waals surface area contributed by atoms with E-state index in [1.165, 1.54) is 30.5 Å². The average molecular weight is 464 g/mol. The van der Waals surface area contributed by atoms with Crippen molar-refractivity contribution in [1.29, 1.82) is 0 Å². The molecule has 3 N–H and O–H groups in total. The standard InChI is InChI=1S/C21H16F4N4O2S/c1-2-11-3-6-16(27-8-11)18(30)28-12-4-5-15(22)13(7-12)20-10-31-17(21(23,24)25)14(20)9-32-19(26)29-20/h1,3-8,14,17H,9-10H2,(H2,26,29)(H,28,30)/t14-,17+,20-/m1/s1. The molecule has 2 aliphatic rings. The molecule has 1 amide bonds. The molecule has 1 aromatic carbocycles. The number of aromatic nitrogens is 1. The first kappa shape index (κ1) is 22.1. The van der Waals surface area contributed by atoms with E-state index in [2.05, 4.69) is 21.2 Å². The summed E-state index contributed by atoms with van der Waals surface area (Å²) in [4.78, 5) is 20.7. The predicted octanol–water partition coefficient (Wildman–Crippen LogP) is 3.29. The van der Waals surface area contributed by atoms with Gasteiger partial charge < -0.3 is 15.8 Å². The Morgan fingerprint density at radius 3 is 2.78 bits per heavy atom. The van der Waals surface area contributed by atoms with Crippen molar-refractivity contribution in [3.8, 4) is 12.3 Å². The highest BCUT2D eigenvalue weighted by molar-refractivity contribution is 8.13. The zero-order valence-corrected chi connectivity index (χ0v) is 17.1. The van der Waals surface area contributed by atoms with E-state index in [0.717, 1.165) is 17.8 Å². The van der Waals surface area contributed by atoms with Crippen LogP contribution in [0.2, 0.25) is 0 Å². The lowest BCUT2D eigenvalue weighted by molar-refractivity contribution is -0.215. The third kappa shape index (κ3) is 3.91. The van der Waals surface area contributed by atoms with Crippen LogP contribution in [0.4, 0.5) is 23.2 Å². The number of alkyl halides is 3. The predicted molar refractivity (Wildman–Crippen MR) is 112 cm³/mol. The van der Waals surface area contributed by atoms with Crippen LogP contribution in [0.3, 0.4) is 0 Å². The van der Waals surface area contributed by atoms with Crippen LogP contribution in [0.15, 0.2) is 41.5 Å². The number of carbonyl (C=O) groups is 1. The average Bonchev–Trinajstić information content (AvgIpc) is 3.15. The number of rotatable bonds is 3.